The lowest BCUT2D eigenvalue weighted by Gasteiger charge is -2.11. The van der Waals surface area contributed by atoms with Crippen molar-refractivity contribution in [3.63, 3.8) is 0 Å². The summed E-state index contributed by atoms with van der Waals surface area (Å²) in [6.45, 7) is 2.11. The molecule has 0 aliphatic carbocycles. The summed E-state index contributed by atoms with van der Waals surface area (Å²) >= 11 is 1.21. The van der Waals surface area contributed by atoms with Gasteiger partial charge in [0.15, 0.2) is 11.5 Å². The van der Waals surface area contributed by atoms with Gasteiger partial charge < -0.3 is 19.5 Å². The van der Waals surface area contributed by atoms with Crippen LogP contribution < -0.4 is 19.5 Å². The third-order valence-corrected chi connectivity index (χ3v) is 5.35. The Kier molecular flexibility index (Phi) is 5.14. The number of benzene rings is 2. The highest BCUT2D eigenvalue weighted by atomic mass is 32.2. The Bertz CT molecular complexity index is 1160. The quantitative estimate of drug-likeness (QED) is 0.642. The average molecular weight is 407 g/mol. The molecule has 4 rings (SSSR count). The van der Waals surface area contributed by atoms with Crippen LogP contribution in [-0.4, -0.2) is 30.5 Å². The average Bonchev–Trinajstić information content (AvgIpc) is 3.17. The van der Waals surface area contributed by atoms with Gasteiger partial charge in [-0.15, -0.1) is 0 Å². The summed E-state index contributed by atoms with van der Waals surface area (Å²) in [6.07, 6.45) is 0. The Morgan fingerprint density at radius 1 is 1.28 bits per heavy atom. The third-order valence-electron chi connectivity index (χ3n) is 4.36. The fourth-order valence-electron chi connectivity index (χ4n) is 2.98. The van der Waals surface area contributed by atoms with Gasteiger partial charge in [-0.05, 0) is 36.8 Å². The number of amides is 1. The predicted octanol–water partition coefficient (Wildman–Crippen LogP) is 3.88. The first-order valence-corrected chi connectivity index (χ1v) is 9.77. The van der Waals surface area contributed by atoms with Gasteiger partial charge in [-0.3, -0.25) is 4.79 Å². The first-order valence-electron chi connectivity index (χ1n) is 8.79. The van der Waals surface area contributed by atoms with Gasteiger partial charge in [0.1, 0.15) is 16.8 Å². The van der Waals surface area contributed by atoms with Crippen LogP contribution in [0.15, 0.2) is 41.4 Å². The number of aryl methyl sites for hydroxylation is 1. The van der Waals surface area contributed by atoms with E-state index in [1.807, 2.05) is 19.1 Å². The number of ether oxygens (including phenoxy) is 3. The Morgan fingerprint density at radius 2 is 2.07 bits per heavy atom. The van der Waals surface area contributed by atoms with Crippen molar-refractivity contribution in [1.82, 2.24) is 4.98 Å². The normalized spacial score (nSPS) is 11.9. The highest BCUT2D eigenvalue weighted by Gasteiger charge is 2.17. The molecule has 0 radical (unpaired) electrons. The molecule has 3 aromatic rings. The molecule has 146 valence electrons. The first kappa shape index (κ1) is 18.9. The van der Waals surface area contributed by atoms with Gasteiger partial charge in [0, 0.05) is 11.5 Å². The number of nitriles is 1. The van der Waals surface area contributed by atoms with Gasteiger partial charge in [0.2, 0.25) is 12.7 Å². The lowest BCUT2D eigenvalue weighted by molar-refractivity contribution is -0.113. The molecule has 0 spiro atoms. The first-order chi connectivity index (χ1) is 14.1. The monoisotopic (exact) mass is 407 g/mol. The summed E-state index contributed by atoms with van der Waals surface area (Å²) in [4.78, 5) is 17.0. The number of nitrogens with one attached hydrogen (secondary N) is 1. The molecule has 0 unspecified atom stereocenters. The van der Waals surface area contributed by atoms with Crippen molar-refractivity contribution in [3.05, 3.63) is 47.5 Å². The Balaban J connectivity index is 1.53. The molecule has 1 N–H and O–H groups in total. The lowest BCUT2D eigenvalue weighted by atomic mass is 10.1. The lowest BCUT2D eigenvalue weighted by Crippen LogP contribution is -2.15. The van der Waals surface area contributed by atoms with Gasteiger partial charge in [0.25, 0.3) is 0 Å². The summed E-state index contributed by atoms with van der Waals surface area (Å²) in [7, 11) is 1.55. The summed E-state index contributed by atoms with van der Waals surface area (Å²) < 4.78 is 16.0. The SMILES string of the molecule is COc1ccc(C)cc1NC(=O)CSc1nc2cc3c(cc2cc1C#N)OCO3. The summed E-state index contributed by atoms with van der Waals surface area (Å²) in [5.74, 6) is 1.74. The maximum atomic E-state index is 12.4. The Morgan fingerprint density at radius 3 is 2.83 bits per heavy atom. The number of aromatic nitrogens is 1. The molecule has 0 saturated carbocycles. The van der Waals surface area contributed by atoms with Crippen LogP contribution in [0.25, 0.3) is 10.9 Å². The summed E-state index contributed by atoms with van der Waals surface area (Å²) in [6, 6.07) is 13.0. The van der Waals surface area contributed by atoms with Crippen molar-refractivity contribution < 1.29 is 19.0 Å². The number of pyridine rings is 1. The van der Waals surface area contributed by atoms with Crippen molar-refractivity contribution >= 4 is 34.3 Å². The molecular formula is C21H17N3O4S. The zero-order valence-corrected chi connectivity index (χ0v) is 16.6. The number of hydrogen-bond acceptors (Lipinski definition) is 7. The van der Waals surface area contributed by atoms with Crippen LogP contribution in [0, 0.1) is 18.3 Å². The molecule has 8 heteroatoms. The third kappa shape index (κ3) is 3.91. The second-order valence-corrected chi connectivity index (χ2v) is 7.36. The Hall–Kier alpha value is -3.44. The number of thioether (sulfide) groups is 1. The number of hydrogen-bond donors (Lipinski definition) is 1. The second-order valence-electron chi connectivity index (χ2n) is 6.39. The van der Waals surface area contributed by atoms with Crippen LogP contribution in [0.1, 0.15) is 11.1 Å². The number of anilines is 1. The molecule has 7 nitrogen and oxygen atoms in total. The fourth-order valence-corrected chi connectivity index (χ4v) is 3.74. The van der Waals surface area contributed by atoms with Crippen LogP contribution in [0.2, 0.25) is 0 Å². The van der Waals surface area contributed by atoms with Crippen LogP contribution in [0.5, 0.6) is 17.2 Å². The molecule has 2 aromatic carbocycles. The second kappa shape index (κ2) is 7.89. The molecular weight excluding hydrogens is 390 g/mol. The maximum Gasteiger partial charge on any atom is 0.234 e. The van der Waals surface area contributed by atoms with Crippen LogP contribution in [0.3, 0.4) is 0 Å². The van der Waals surface area contributed by atoms with Crippen LogP contribution >= 0.6 is 11.8 Å². The van der Waals surface area contributed by atoms with E-state index in [2.05, 4.69) is 16.4 Å². The van der Waals surface area contributed by atoms with Crippen molar-refractivity contribution in [2.24, 2.45) is 0 Å². The van der Waals surface area contributed by atoms with Gasteiger partial charge in [-0.1, -0.05) is 17.8 Å². The van der Waals surface area contributed by atoms with Crippen LogP contribution in [-0.2, 0) is 4.79 Å². The predicted molar refractivity (Wildman–Crippen MR) is 110 cm³/mol. The Labute approximate surface area is 171 Å². The van der Waals surface area contributed by atoms with E-state index in [1.165, 1.54) is 11.8 Å². The van der Waals surface area contributed by atoms with Gasteiger partial charge in [-0.25, -0.2) is 4.98 Å². The molecule has 0 saturated heterocycles. The smallest absolute Gasteiger partial charge is 0.234 e. The highest BCUT2D eigenvalue weighted by molar-refractivity contribution is 8.00. The number of fused-ring (bicyclic) bond motifs is 2. The van der Waals surface area contributed by atoms with E-state index < -0.39 is 0 Å². The van der Waals surface area contributed by atoms with Gasteiger partial charge in [-0.2, -0.15) is 5.26 Å². The van der Waals surface area contributed by atoms with E-state index in [4.69, 9.17) is 14.2 Å². The highest BCUT2D eigenvalue weighted by Crippen LogP contribution is 2.37. The topological polar surface area (TPSA) is 93.5 Å². The van der Waals surface area contributed by atoms with Crippen molar-refractivity contribution in [2.75, 3.05) is 25.0 Å². The van der Waals surface area contributed by atoms with E-state index in [1.54, 1.807) is 31.4 Å². The minimum atomic E-state index is -0.213. The van der Waals surface area contributed by atoms with E-state index in [9.17, 15) is 10.1 Å². The summed E-state index contributed by atoms with van der Waals surface area (Å²) in [5.41, 5.74) is 2.70. The van der Waals surface area contributed by atoms with E-state index >= 15 is 0 Å². The molecule has 0 fully saturated rings. The minimum Gasteiger partial charge on any atom is -0.495 e. The van der Waals surface area contributed by atoms with E-state index in [0.717, 1.165) is 10.9 Å². The van der Waals surface area contributed by atoms with Crippen molar-refractivity contribution in [2.45, 2.75) is 11.9 Å². The molecule has 0 bridgehead atoms. The molecule has 29 heavy (non-hydrogen) atoms. The molecule has 1 aliphatic heterocycles. The number of methoxy groups -OCH3 is 1. The summed E-state index contributed by atoms with van der Waals surface area (Å²) in [5, 5.41) is 13.6. The zero-order chi connectivity index (χ0) is 20.4. The largest absolute Gasteiger partial charge is 0.495 e. The number of carbonyl (C=O) groups is 1. The van der Waals surface area contributed by atoms with E-state index in [-0.39, 0.29) is 18.5 Å². The minimum absolute atomic E-state index is 0.106. The number of carbonyl (C=O) groups excluding carboxylic acids is 1. The van der Waals surface area contributed by atoms with Crippen LogP contribution in [0.4, 0.5) is 5.69 Å². The standard InChI is InChI=1S/C21H17N3O4S/c1-12-3-4-17(26-2)16(5-12)23-20(25)10-29-21-14(9-22)6-13-7-18-19(28-11-27-18)8-15(13)24-21/h3-8H,10-11H2,1-2H3,(H,23,25). The molecule has 1 aromatic heterocycles. The van der Waals surface area contributed by atoms with Gasteiger partial charge >= 0.3 is 0 Å². The van der Waals surface area contributed by atoms with Gasteiger partial charge in [0.05, 0.1) is 29.6 Å². The number of nitrogens with zero attached hydrogens (tertiary/aromatic N) is 2. The molecule has 1 aliphatic rings. The molecule has 0 atom stereocenters. The molecule has 2 heterocycles. The maximum absolute atomic E-state index is 12.4. The number of rotatable bonds is 5. The zero-order valence-electron chi connectivity index (χ0n) is 15.8. The molecule has 1 amide bonds. The van der Waals surface area contributed by atoms with Crippen molar-refractivity contribution in [1.29, 1.82) is 5.26 Å². The fraction of sp³-hybridized carbons (Fsp3) is 0.190. The van der Waals surface area contributed by atoms with Crippen molar-refractivity contribution in [3.8, 4) is 23.3 Å². The van der Waals surface area contributed by atoms with E-state index in [0.29, 0.717) is 39.0 Å².